The molecular formula is C24H23ClN2O5S. The molecule has 172 valence electrons. The van der Waals surface area contributed by atoms with E-state index in [1.54, 1.807) is 37.3 Å². The molecule has 0 atom stereocenters. The number of aromatic nitrogens is 2. The van der Waals surface area contributed by atoms with Crippen molar-refractivity contribution in [3.05, 3.63) is 70.8 Å². The quantitative estimate of drug-likeness (QED) is 0.241. The second-order valence-corrected chi connectivity index (χ2v) is 8.88. The third kappa shape index (κ3) is 5.83. The van der Waals surface area contributed by atoms with Gasteiger partial charge in [-0.2, -0.15) is 0 Å². The standard InChI is InChI=1S/C24H23ClN2O5S/c1-30-17-4-6-18(7-5-17)33-10-2-3-20-21(8-9-24(28)29)27(14-26-20)13-16-11-22-23(12-19(16)25)32-15-31-22/h4-9,11-12,14H,2-3,10,13,15H2,1H3,(H,28,29)/b9-8+. The molecule has 1 N–H and O–H groups in total. The van der Waals surface area contributed by atoms with Crippen LogP contribution in [0.25, 0.3) is 6.08 Å². The zero-order valence-electron chi connectivity index (χ0n) is 18.0. The van der Waals surface area contributed by atoms with Gasteiger partial charge in [0.15, 0.2) is 11.5 Å². The van der Waals surface area contributed by atoms with E-state index in [9.17, 15) is 4.79 Å². The van der Waals surface area contributed by atoms with Gasteiger partial charge in [0.05, 0.1) is 31.4 Å². The van der Waals surface area contributed by atoms with Crippen molar-refractivity contribution in [3.63, 3.8) is 0 Å². The highest BCUT2D eigenvalue weighted by Crippen LogP contribution is 2.37. The van der Waals surface area contributed by atoms with Crippen molar-refractivity contribution < 1.29 is 24.1 Å². The molecule has 0 saturated carbocycles. The summed E-state index contributed by atoms with van der Waals surface area (Å²) < 4.78 is 17.9. The molecule has 9 heteroatoms. The fourth-order valence-electron chi connectivity index (χ4n) is 3.46. The number of carboxylic acids is 1. The topological polar surface area (TPSA) is 82.8 Å². The van der Waals surface area contributed by atoms with Gasteiger partial charge in [0.1, 0.15) is 5.75 Å². The number of halogens is 1. The number of nitrogens with zero attached hydrogens (tertiary/aromatic N) is 2. The fraction of sp³-hybridized carbons (Fsp3) is 0.250. The lowest BCUT2D eigenvalue weighted by Gasteiger charge is -2.10. The highest BCUT2D eigenvalue weighted by molar-refractivity contribution is 7.99. The minimum Gasteiger partial charge on any atom is -0.497 e. The number of carboxylic acid groups (broad SMARTS) is 1. The van der Waals surface area contributed by atoms with Crippen molar-refractivity contribution in [2.45, 2.75) is 24.3 Å². The van der Waals surface area contributed by atoms with Crippen LogP contribution in [0.15, 0.2) is 53.7 Å². The third-order valence-electron chi connectivity index (χ3n) is 5.11. The number of thioether (sulfide) groups is 1. The second-order valence-electron chi connectivity index (χ2n) is 7.30. The average molecular weight is 487 g/mol. The van der Waals surface area contributed by atoms with Crippen LogP contribution in [0.1, 0.15) is 23.4 Å². The van der Waals surface area contributed by atoms with E-state index in [1.165, 1.54) is 4.90 Å². The molecule has 1 aromatic heterocycles. The molecule has 1 aliphatic heterocycles. The number of fused-ring (bicyclic) bond motifs is 1. The Balaban J connectivity index is 1.45. The molecule has 0 fully saturated rings. The molecule has 0 radical (unpaired) electrons. The first-order chi connectivity index (χ1) is 16.0. The number of benzene rings is 2. The van der Waals surface area contributed by atoms with Crippen LogP contribution in [0.4, 0.5) is 0 Å². The molecule has 7 nitrogen and oxygen atoms in total. The minimum absolute atomic E-state index is 0.172. The van der Waals surface area contributed by atoms with Crippen LogP contribution in [0.5, 0.6) is 17.2 Å². The SMILES string of the molecule is COc1ccc(SCCCc2ncn(Cc3cc4c(cc3Cl)OCO4)c2/C=C/C(=O)O)cc1. The van der Waals surface area contributed by atoms with Gasteiger partial charge in [0, 0.05) is 22.1 Å². The molecule has 33 heavy (non-hydrogen) atoms. The normalized spacial score (nSPS) is 12.4. The Morgan fingerprint density at radius 1 is 1.27 bits per heavy atom. The predicted octanol–water partition coefficient (Wildman–Crippen LogP) is 5.14. The van der Waals surface area contributed by atoms with Gasteiger partial charge in [0.2, 0.25) is 6.79 Å². The average Bonchev–Trinajstić information content (AvgIpc) is 3.42. The summed E-state index contributed by atoms with van der Waals surface area (Å²) in [5, 5.41) is 9.69. The van der Waals surface area contributed by atoms with Crippen molar-refractivity contribution >= 4 is 35.4 Å². The van der Waals surface area contributed by atoms with Crippen LogP contribution in [0.2, 0.25) is 5.02 Å². The number of hydrogen-bond donors (Lipinski definition) is 1. The lowest BCUT2D eigenvalue weighted by Crippen LogP contribution is -2.03. The summed E-state index contributed by atoms with van der Waals surface area (Å²) in [6.45, 7) is 0.605. The molecule has 0 aliphatic carbocycles. The molecule has 0 amide bonds. The largest absolute Gasteiger partial charge is 0.497 e. The van der Waals surface area contributed by atoms with Crippen LogP contribution < -0.4 is 14.2 Å². The predicted molar refractivity (Wildman–Crippen MR) is 128 cm³/mol. The fourth-order valence-corrected chi connectivity index (χ4v) is 4.53. The van der Waals surface area contributed by atoms with Crippen LogP contribution in [0.3, 0.4) is 0 Å². The van der Waals surface area contributed by atoms with E-state index >= 15 is 0 Å². The third-order valence-corrected chi connectivity index (χ3v) is 6.56. The molecule has 2 aromatic carbocycles. The number of aryl methyl sites for hydroxylation is 1. The smallest absolute Gasteiger partial charge is 0.328 e. The summed E-state index contributed by atoms with van der Waals surface area (Å²) in [5.41, 5.74) is 2.44. The Morgan fingerprint density at radius 3 is 2.76 bits per heavy atom. The zero-order chi connectivity index (χ0) is 23.2. The molecule has 3 aromatic rings. The second kappa shape index (κ2) is 10.7. The number of rotatable bonds is 10. The summed E-state index contributed by atoms with van der Waals surface area (Å²) in [5.74, 6) is 2.01. The van der Waals surface area contributed by atoms with Crippen LogP contribution in [-0.2, 0) is 17.8 Å². The van der Waals surface area contributed by atoms with E-state index in [0.29, 0.717) is 23.1 Å². The first-order valence-electron chi connectivity index (χ1n) is 10.3. The van der Waals surface area contributed by atoms with Crippen molar-refractivity contribution in [1.29, 1.82) is 0 Å². The van der Waals surface area contributed by atoms with E-state index in [0.717, 1.165) is 47.4 Å². The first-order valence-corrected chi connectivity index (χ1v) is 11.7. The number of hydrogen-bond acceptors (Lipinski definition) is 6. The summed E-state index contributed by atoms with van der Waals surface area (Å²) in [6, 6.07) is 11.5. The van der Waals surface area contributed by atoms with Gasteiger partial charge >= 0.3 is 5.97 Å². The molecule has 4 rings (SSSR count). The van der Waals surface area contributed by atoms with Crippen molar-refractivity contribution in [2.75, 3.05) is 19.7 Å². The van der Waals surface area contributed by atoms with Gasteiger partial charge in [-0.15, -0.1) is 11.8 Å². The Hall–Kier alpha value is -3.10. The highest BCUT2D eigenvalue weighted by Gasteiger charge is 2.18. The number of imidazole rings is 1. The van der Waals surface area contributed by atoms with Crippen molar-refractivity contribution in [2.24, 2.45) is 0 Å². The minimum atomic E-state index is -1.01. The molecule has 0 bridgehead atoms. The maximum Gasteiger partial charge on any atom is 0.328 e. The number of ether oxygens (including phenoxy) is 3. The van der Waals surface area contributed by atoms with Crippen LogP contribution in [-0.4, -0.2) is 40.3 Å². The van der Waals surface area contributed by atoms with Gasteiger partial charge in [-0.1, -0.05) is 11.6 Å². The van der Waals surface area contributed by atoms with Crippen LogP contribution in [0, 0.1) is 0 Å². The van der Waals surface area contributed by atoms with Gasteiger partial charge < -0.3 is 23.9 Å². The lowest BCUT2D eigenvalue weighted by molar-refractivity contribution is -0.131. The maximum absolute atomic E-state index is 11.1. The Bertz CT molecular complexity index is 1160. The van der Waals surface area contributed by atoms with E-state index < -0.39 is 5.97 Å². The zero-order valence-corrected chi connectivity index (χ0v) is 19.6. The summed E-state index contributed by atoms with van der Waals surface area (Å²) in [4.78, 5) is 16.9. The lowest BCUT2D eigenvalue weighted by atomic mass is 10.1. The van der Waals surface area contributed by atoms with E-state index in [4.69, 9.17) is 30.9 Å². The van der Waals surface area contributed by atoms with E-state index in [-0.39, 0.29) is 6.79 Å². The molecular weight excluding hydrogens is 464 g/mol. The molecule has 0 saturated heterocycles. The van der Waals surface area contributed by atoms with Gasteiger partial charge in [0.25, 0.3) is 0 Å². The summed E-state index contributed by atoms with van der Waals surface area (Å²) >= 11 is 8.19. The maximum atomic E-state index is 11.1. The number of methoxy groups -OCH3 is 1. The molecule has 0 unspecified atom stereocenters. The summed E-state index contributed by atoms with van der Waals surface area (Å²) in [7, 11) is 1.65. The van der Waals surface area contributed by atoms with Gasteiger partial charge in [-0.05, 0) is 60.6 Å². The number of carbonyl (C=O) groups is 1. The first kappa shape index (κ1) is 23.1. The van der Waals surface area contributed by atoms with Gasteiger partial charge in [-0.25, -0.2) is 9.78 Å². The molecule has 1 aliphatic rings. The van der Waals surface area contributed by atoms with Crippen LogP contribution >= 0.6 is 23.4 Å². The van der Waals surface area contributed by atoms with Crippen molar-refractivity contribution in [1.82, 2.24) is 9.55 Å². The van der Waals surface area contributed by atoms with E-state index in [1.807, 2.05) is 34.9 Å². The molecule has 2 heterocycles. The molecule has 0 spiro atoms. The number of aliphatic carboxylic acids is 1. The monoisotopic (exact) mass is 486 g/mol. The van der Waals surface area contributed by atoms with Crippen molar-refractivity contribution in [3.8, 4) is 17.2 Å². The highest BCUT2D eigenvalue weighted by atomic mass is 35.5. The summed E-state index contributed by atoms with van der Waals surface area (Å²) in [6.07, 6.45) is 6.05. The van der Waals surface area contributed by atoms with Gasteiger partial charge in [-0.3, -0.25) is 0 Å². The Labute approximate surface area is 200 Å². The Morgan fingerprint density at radius 2 is 2.03 bits per heavy atom. The van der Waals surface area contributed by atoms with E-state index in [2.05, 4.69) is 4.98 Å². The Kier molecular flexibility index (Phi) is 7.47.